The average Bonchev–Trinajstić information content (AvgIpc) is 2.46. The summed E-state index contributed by atoms with van der Waals surface area (Å²) in [7, 11) is -3.08. The first-order valence-electron chi connectivity index (χ1n) is 7.39. The topological polar surface area (TPSA) is 122 Å². The van der Waals surface area contributed by atoms with E-state index < -0.39 is 15.3 Å². The molecule has 120 valence electrons. The number of rotatable bonds is 3. The normalized spacial score (nSPS) is 28.8. The molecule has 8 heteroatoms. The minimum Gasteiger partial charge on any atom is -0.409 e. The van der Waals surface area contributed by atoms with Crippen LogP contribution < -0.4 is 11.1 Å². The van der Waals surface area contributed by atoms with Crippen molar-refractivity contribution in [1.29, 1.82) is 0 Å². The van der Waals surface area contributed by atoms with Crippen molar-refractivity contribution in [2.24, 2.45) is 16.3 Å². The van der Waals surface area contributed by atoms with E-state index in [0.29, 0.717) is 25.7 Å². The van der Waals surface area contributed by atoms with Crippen LogP contribution in [0.3, 0.4) is 0 Å². The van der Waals surface area contributed by atoms with E-state index in [1.54, 1.807) is 0 Å². The van der Waals surface area contributed by atoms with Gasteiger partial charge in [0.15, 0.2) is 15.7 Å². The second-order valence-corrected chi connectivity index (χ2v) is 8.28. The number of hydrogen-bond acceptors (Lipinski definition) is 5. The number of carbonyl (C=O) groups is 1. The standard InChI is InChI=1S/C13H23N3O4S/c14-11(16-18)13(6-2-1-3-7-13)12(17)15-10-5-4-8-21(19,20)9-10/h10,18H,1-9H2,(H2,14,16)(H,15,17). The van der Waals surface area contributed by atoms with Crippen LogP contribution >= 0.6 is 0 Å². The van der Waals surface area contributed by atoms with Crippen LogP contribution in [0.2, 0.25) is 0 Å². The number of nitrogens with two attached hydrogens (primary N) is 1. The Morgan fingerprint density at radius 2 is 1.90 bits per heavy atom. The molecule has 1 saturated heterocycles. The van der Waals surface area contributed by atoms with Gasteiger partial charge in [0, 0.05) is 6.04 Å². The van der Waals surface area contributed by atoms with Gasteiger partial charge in [0.2, 0.25) is 5.91 Å². The Morgan fingerprint density at radius 1 is 1.24 bits per heavy atom. The van der Waals surface area contributed by atoms with Gasteiger partial charge in [-0.3, -0.25) is 4.79 Å². The molecular weight excluding hydrogens is 294 g/mol. The summed E-state index contributed by atoms with van der Waals surface area (Å²) in [5.74, 6) is -0.214. The minimum atomic E-state index is -3.08. The van der Waals surface area contributed by atoms with Gasteiger partial charge in [-0.15, -0.1) is 0 Å². The summed E-state index contributed by atoms with van der Waals surface area (Å²) in [6, 6.07) is -0.374. The molecule has 2 fully saturated rings. The molecule has 1 amide bonds. The number of amidine groups is 1. The lowest BCUT2D eigenvalue weighted by atomic mass is 9.72. The summed E-state index contributed by atoms with van der Waals surface area (Å²) in [5.41, 5.74) is 4.77. The quantitative estimate of drug-likeness (QED) is 0.300. The molecule has 1 unspecified atom stereocenters. The van der Waals surface area contributed by atoms with Gasteiger partial charge < -0.3 is 16.3 Å². The second-order valence-electron chi connectivity index (χ2n) is 6.05. The molecule has 1 saturated carbocycles. The van der Waals surface area contributed by atoms with Crippen LogP contribution in [0.1, 0.15) is 44.9 Å². The average molecular weight is 317 g/mol. The van der Waals surface area contributed by atoms with Crippen LogP contribution in [0.4, 0.5) is 0 Å². The zero-order chi connectivity index (χ0) is 15.5. The van der Waals surface area contributed by atoms with Gasteiger partial charge in [-0.05, 0) is 25.7 Å². The summed E-state index contributed by atoms with van der Waals surface area (Å²) in [6.07, 6.45) is 4.98. The van der Waals surface area contributed by atoms with Gasteiger partial charge in [-0.2, -0.15) is 0 Å². The van der Waals surface area contributed by atoms with Gasteiger partial charge in [0.1, 0.15) is 5.41 Å². The van der Waals surface area contributed by atoms with Crippen molar-refractivity contribution < 1.29 is 18.4 Å². The van der Waals surface area contributed by atoms with Crippen LogP contribution in [0.5, 0.6) is 0 Å². The fraction of sp³-hybridized carbons (Fsp3) is 0.846. The van der Waals surface area contributed by atoms with Crippen LogP contribution in [0, 0.1) is 5.41 Å². The van der Waals surface area contributed by atoms with Crippen molar-refractivity contribution in [3.05, 3.63) is 0 Å². The van der Waals surface area contributed by atoms with E-state index in [1.165, 1.54) is 0 Å². The number of hydrogen-bond donors (Lipinski definition) is 3. The Labute approximate surface area is 124 Å². The second kappa shape index (κ2) is 6.21. The number of carbonyl (C=O) groups excluding carboxylic acids is 1. The molecule has 1 aliphatic carbocycles. The maximum absolute atomic E-state index is 12.6. The Bertz CT molecular complexity index is 524. The highest BCUT2D eigenvalue weighted by Gasteiger charge is 2.44. The molecule has 0 spiro atoms. The zero-order valence-electron chi connectivity index (χ0n) is 12.0. The van der Waals surface area contributed by atoms with Crippen molar-refractivity contribution in [2.45, 2.75) is 51.0 Å². The molecule has 7 nitrogen and oxygen atoms in total. The zero-order valence-corrected chi connectivity index (χ0v) is 12.9. The highest BCUT2D eigenvalue weighted by Crippen LogP contribution is 2.37. The molecule has 1 atom stereocenters. The van der Waals surface area contributed by atoms with E-state index in [-0.39, 0.29) is 29.3 Å². The maximum Gasteiger partial charge on any atom is 0.234 e. The SMILES string of the molecule is NC(=NO)C1(C(=O)NC2CCCS(=O)(=O)C2)CCCCC1. The monoisotopic (exact) mass is 317 g/mol. The summed E-state index contributed by atoms with van der Waals surface area (Å²) >= 11 is 0. The van der Waals surface area contributed by atoms with Gasteiger partial charge >= 0.3 is 0 Å². The van der Waals surface area contributed by atoms with Gasteiger partial charge in [-0.1, -0.05) is 24.4 Å². The van der Waals surface area contributed by atoms with Crippen molar-refractivity contribution >= 4 is 21.6 Å². The van der Waals surface area contributed by atoms with Gasteiger partial charge in [0.05, 0.1) is 11.5 Å². The molecule has 2 rings (SSSR count). The smallest absolute Gasteiger partial charge is 0.234 e. The van der Waals surface area contributed by atoms with Crippen LogP contribution in [-0.2, 0) is 14.6 Å². The molecular formula is C13H23N3O4S. The first-order valence-corrected chi connectivity index (χ1v) is 9.21. The lowest BCUT2D eigenvalue weighted by Crippen LogP contribution is -2.55. The summed E-state index contributed by atoms with van der Waals surface area (Å²) < 4.78 is 23.3. The minimum absolute atomic E-state index is 0.0228. The predicted molar refractivity (Wildman–Crippen MR) is 78.7 cm³/mol. The third-order valence-electron chi connectivity index (χ3n) is 4.54. The van der Waals surface area contributed by atoms with Crippen LogP contribution in [0.15, 0.2) is 5.16 Å². The summed E-state index contributed by atoms with van der Waals surface area (Å²) in [5, 5.41) is 14.8. The van der Waals surface area contributed by atoms with E-state index in [4.69, 9.17) is 10.9 Å². The fourth-order valence-electron chi connectivity index (χ4n) is 3.31. The molecule has 0 aromatic heterocycles. The third kappa shape index (κ3) is 3.48. The van der Waals surface area contributed by atoms with Gasteiger partial charge in [0.25, 0.3) is 0 Å². The number of amides is 1. The Morgan fingerprint density at radius 3 is 2.48 bits per heavy atom. The van der Waals surface area contributed by atoms with Crippen molar-refractivity contribution in [1.82, 2.24) is 5.32 Å². The van der Waals surface area contributed by atoms with Crippen molar-refractivity contribution in [2.75, 3.05) is 11.5 Å². The number of sulfone groups is 1. The van der Waals surface area contributed by atoms with Crippen LogP contribution in [0.25, 0.3) is 0 Å². The first-order chi connectivity index (χ1) is 9.89. The Hall–Kier alpha value is -1.31. The van der Waals surface area contributed by atoms with Crippen LogP contribution in [-0.4, -0.2) is 42.9 Å². The summed E-state index contributed by atoms with van der Waals surface area (Å²) in [6.45, 7) is 0. The predicted octanol–water partition coefficient (Wildman–Crippen LogP) is 0.377. The van der Waals surface area contributed by atoms with E-state index in [1.807, 2.05) is 0 Å². The number of oxime groups is 1. The van der Waals surface area contributed by atoms with E-state index >= 15 is 0 Å². The maximum atomic E-state index is 12.6. The molecule has 1 heterocycles. The van der Waals surface area contributed by atoms with E-state index in [2.05, 4.69) is 10.5 Å². The lowest BCUT2D eigenvalue weighted by molar-refractivity contribution is -0.129. The van der Waals surface area contributed by atoms with Crippen molar-refractivity contribution in [3.63, 3.8) is 0 Å². The number of nitrogens with zero attached hydrogens (tertiary/aromatic N) is 1. The highest BCUT2D eigenvalue weighted by molar-refractivity contribution is 7.91. The molecule has 21 heavy (non-hydrogen) atoms. The van der Waals surface area contributed by atoms with Gasteiger partial charge in [-0.25, -0.2) is 8.42 Å². The third-order valence-corrected chi connectivity index (χ3v) is 6.36. The highest BCUT2D eigenvalue weighted by atomic mass is 32.2. The molecule has 0 aromatic carbocycles. The Balaban J connectivity index is 2.12. The molecule has 0 aromatic rings. The van der Waals surface area contributed by atoms with Crippen molar-refractivity contribution in [3.8, 4) is 0 Å². The molecule has 1 aliphatic heterocycles. The Kier molecular flexibility index (Phi) is 4.75. The fourth-order valence-corrected chi connectivity index (χ4v) is 4.95. The molecule has 0 bridgehead atoms. The van der Waals surface area contributed by atoms with E-state index in [0.717, 1.165) is 19.3 Å². The largest absolute Gasteiger partial charge is 0.409 e. The summed E-state index contributed by atoms with van der Waals surface area (Å²) in [4.78, 5) is 12.6. The molecule has 0 radical (unpaired) electrons. The number of nitrogens with one attached hydrogen (secondary N) is 1. The first kappa shape index (κ1) is 16.1. The molecule has 4 N–H and O–H groups in total. The molecule has 2 aliphatic rings. The lowest BCUT2D eigenvalue weighted by Gasteiger charge is -2.36. The van der Waals surface area contributed by atoms with E-state index in [9.17, 15) is 13.2 Å².